The summed E-state index contributed by atoms with van der Waals surface area (Å²) in [6, 6.07) is 5.06. The largest absolute Gasteiger partial charge is 0.426 e. The zero-order valence-corrected chi connectivity index (χ0v) is 13.0. The van der Waals surface area contributed by atoms with Crippen LogP contribution in [-0.2, 0) is 4.79 Å². The van der Waals surface area contributed by atoms with Gasteiger partial charge >= 0.3 is 11.6 Å². The summed E-state index contributed by atoms with van der Waals surface area (Å²) in [5, 5.41) is 0.864. The molecule has 21 heavy (non-hydrogen) atoms. The molecule has 0 radical (unpaired) electrons. The van der Waals surface area contributed by atoms with E-state index >= 15 is 0 Å². The van der Waals surface area contributed by atoms with Crippen LogP contribution < -0.4 is 10.4 Å². The molecular weight excluding hydrogens is 268 g/mol. The molecule has 0 saturated carbocycles. The molecule has 0 aliphatic rings. The molecular formula is C17H20O4. The molecule has 4 heteroatoms. The molecule has 4 nitrogen and oxygen atoms in total. The number of hydrogen-bond acceptors (Lipinski definition) is 4. The highest BCUT2D eigenvalue weighted by Crippen LogP contribution is 2.34. The molecule has 0 fully saturated rings. The van der Waals surface area contributed by atoms with Gasteiger partial charge in [-0.05, 0) is 30.5 Å². The molecule has 112 valence electrons. The Morgan fingerprint density at radius 3 is 2.43 bits per heavy atom. The summed E-state index contributed by atoms with van der Waals surface area (Å²) < 4.78 is 10.8. The van der Waals surface area contributed by atoms with Crippen molar-refractivity contribution in [2.75, 3.05) is 0 Å². The molecule has 0 aliphatic heterocycles. The molecule has 0 N–H and O–H groups in total. The van der Waals surface area contributed by atoms with Gasteiger partial charge in [-0.2, -0.15) is 0 Å². The summed E-state index contributed by atoms with van der Waals surface area (Å²) in [7, 11) is 0. The first kappa shape index (κ1) is 15.3. The number of carbonyl (C=O) groups excluding carboxylic acids is 1. The average molecular weight is 288 g/mol. The molecule has 1 aromatic heterocycles. The molecule has 1 heterocycles. The summed E-state index contributed by atoms with van der Waals surface area (Å²) in [5.41, 5.74) is 1.71. The lowest BCUT2D eigenvalue weighted by molar-refractivity contribution is -0.137. The number of hydrogen-bond donors (Lipinski definition) is 0. The number of fused-ring (bicyclic) bond motifs is 1. The quantitative estimate of drug-likeness (QED) is 0.490. The second kappa shape index (κ2) is 5.72. The number of rotatable bonds is 3. The molecule has 0 bridgehead atoms. The van der Waals surface area contributed by atoms with E-state index in [1.807, 2.05) is 26.8 Å². The van der Waals surface area contributed by atoms with E-state index in [4.69, 9.17) is 9.15 Å². The predicted molar refractivity (Wildman–Crippen MR) is 81.8 cm³/mol. The van der Waals surface area contributed by atoms with Crippen molar-refractivity contribution in [1.82, 2.24) is 0 Å². The van der Waals surface area contributed by atoms with Gasteiger partial charge in [-0.15, -0.1) is 0 Å². The van der Waals surface area contributed by atoms with E-state index in [1.165, 1.54) is 6.07 Å². The van der Waals surface area contributed by atoms with Crippen molar-refractivity contribution >= 4 is 16.9 Å². The maximum atomic E-state index is 11.8. The monoisotopic (exact) mass is 288 g/mol. The van der Waals surface area contributed by atoms with Gasteiger partial charge in [0.15, 0.2) is 0 Å². The van der Waals surface area contributed by atoms with Gasteiger partial charge in [0.1, 0.15) is 11.3 Å². The lowest BCUT2D eigenvalue weighted by Crippen LogP contribution is -2.16. The van der Waals surface area contributed by atoms with Crippen LogP contribution in [0.3, 0.4) is 0 Å². The normalized spacial score (nSPS) is 11.4. The lowest BCUT2D eigenvalue weighted by Gasteiger charge is -2.16. The van der Waals surface area contributed by atoms with Crippen LogP contribution in [0.1, 0.15) is 44.7 Å². The van der Waals surface area contributed by atoms with Gasteiger partial charge in [0, 0.05) is 17.0 Å². The Labute approximate surface area is 123 Å². The number of aryl methyl sites for hydroxylation is 1. The third-order valence-electron chi connectivity index (χ3n) is 3.38. The van der Waals surface area contributed by atoms with Crippen molar-refractivity contribution in [2.24, 2.45) is 5.92 Å². The molecule has 0 saturated heterocycles. The zero-order valence-electron chi connectivity index (χ0n) is 13.0. The first-order chi connectivity index (χ1) is 9.81. The molecule has 2 rings (SSSR count). The van der Waals surface area contributed by atoms with Gasteiger partial charge in [0.2, 0.25) is 0 Å². The van der Waals surface area contributed by atoms with Gasteiger partial charge in [-0.1, -0.05) is 27.7 Å². The van der Waals surface area contributed by atoms with E-state index in [2.05, 4.69) is 0 Å². The summed E-state index contributed by atoms with van der Waals surface area (Å²) in [5.74, 6) is 0.00930. The minimum atomic E-state index is -0.394. The van der Waals surface area contributed by atoms with Gasteiger partial charge in [0.05, 0.1) is 5.92 Å². The lowest BCUT2D eigenvalue weighted by atomic mass is 9.97. The van der Waals surface area contributed by atoms with E-state index in [0.29, 0.717) is 11.3 Å². The maximum absolute atomic E-state index is 11.8. The summed E-state index contributed by atoms with van der Waals surface area (Å²) in [4.78, 5) is 23.5. The van der Waals surface area contributed by atoms with Crippen molar-refractivity contribution in [1.29, 1.82) is 0 Å². The topological polar surface area (TPSA) is 56.5 Å². The third kappa shape index (κ3) is 2.99. The van der Waals surface area contributed by atoms with Crippen LogP contribution in [0.5, 0.6) is 5.75 Å². The molecule has 0 amide bonds. The van der Waals surface area contributed by atoms with E-state index in [0.717, 1.165) is 16.5 Å². The third-order valence-corrected chi connectivity index (χ3v) is 3.38. The van der Waals surface area contributed by atoms with E-state index in [9.17, 15) is 9.59 Å². The Morgan fingerprint density at radius 2 is 1.86 bits per heavy atom. The minimum Gasteiger partial charge on any atom is -0.426 e. The maximum Gasteiger partial charge on any atom is 0.336 e. The number of esters is 1. The van der Waals surface area contributed by atoms with Crippen LogP contribution in [0.2, 0.25) is 0 Å². The van der Waals surface area contributed by atoms with Crippen molar-refractivity contribution in [3.05, 3.63) is 39.7 Å². The molecule has 0 unspecified atom stereocenters. The minimum absolute atomic E-state index is 0.0635. The van der Waals surface area contributed by atoms with Gasteiger partial charge in [0.25, 0.3) is 0 Å². The highest BCUT2D eigenvalue weighted by atomic mass is 16.5. The molecule has 0 atom stereocenters. The standard InChI is InChI=1S/C17H20O4/c1-9(2)15-13(20-17(19)10(3)4)7-6-12-11(5)8-14(18)21-16(12)15/h6-10H,1-5H3. The Morgan fingerprint density at radius 1 is 1.19 bits per heavy atom. The number of benzene rings is 1. The van der Waals surface area contributed by atoms with E-state index in [-0.39, 0.29) is 17.8 Å². The average Bonchev–Trinajstić information content (AvgIpc) is 2.37. The van der Waals surface area contributed by atoms with Crippen molar-refractivity contribution in [2.45, 2.75) is 40.5 Å². The summed E-state index contributed by atoms with van der Waals surface area (Å²) in [6.45, 7) is 9.38. The second-order valence-electron chi connectivity index (χ2n) is 5.83. The highest BCUT2D eigenvalue weighted by molar-refractivity contribution is 5.86. The smallest absolute Gasteiger partial charge is 0.336 e. The highest BCUT2D eigenvalue weighted by Gasteiger charge is 2.19. The second-order valence-corrected chi connectivity index (χ2v) is 5.83. The Kier molecular flexibility index (Phi) is 4.16. The SMILES string of the molecule is Cc1cc(=O)oc2c(C(C)C)c(OC(=O)C(C)C)ccc12. The Balaban J connectivity index is 2.70. The molecule has 1 aromatic carbocycles. The van der Waals surface area contributed by atoms with Crippen LogP contribution in [-0.4, -0.2) is 5.97 Å². The Bertz CT molecular complexity index is 738. The van der Waals surface area contributed by atoms with Gasteiger partial charge < -0.3 is 9.15 Å². The fourth-order valence-electron chi connectivity index (χ4n) is 2.25. The fourth-order valence-corrected chi connectivity index (χ4v) is 2.25. The number of ether oxygens (including phenoxy) is 1. The van der Waals surface area contributed by atoms with E-state index < -0.39 is 5.63 Å². The van der Waals surface area contributed by atoms with Crippen molar-refractivity contribution in [3.8, 4) is 5.75 Å². The molecule has 0 spiro atoms. The Hall–Kier alpha value is -2.10. The van der Waals surface area contributed by atoms with Crippen LogP contribution in [0.4, 0.5) is 0 Å². The fraction of sp³-hybridized carbons (Fsp3) is 0.412. The first-order valence-electron chi connectivity index (χ1n) is 7.10. The van der Waals surface area contributed by atoms with Crippen LogP contribution >= 0.6 is 0 Å². The summed E-state index contributed by atoms with van der Waals surface area (Å²) >= 11 is 0. The van der Waals surface area contributed by atoms with Crippen LogP contribution in [0.15, 0.2) is 27.4 Å². The van der Waals surface area contributed by atoms with Crippen molar-refractivity contribution < 1.29 is 13.9 Å². The molecule has 0 aliphatic carbocycles. The van der Waals surface area contributed by atoms with Gasteiger partial charge in [-0.25, -0.2) is 4.79 Å². The van der Waals surface area contributed by atoms with Crippen LogP contribution in [0.25, 0.3) is 11.0 Å². The van der Waals surface area contributed by atoms with Crippen molar-refractivity contribution in [3.63, 3.8) is 0 Å². The zero-order chi connectivity index (χ0) is 15.7. The summed E-state index contributed by atoms with van der Waals surface area (Å²) in [6.07, 6.45) is 0. The van der Waals surface area contributed by atoms with Crippen LogP contribution in [0, 0.1) is 12.8 Å². The number of carbonyl (C=O) groups is 1. The first-order valence-corrected chi connectivity index (χ1v) is 7.10. The predicted octanol–water partition coefficient (Wildman–Crippen LogP) is 3.79. The molecule has 2 aromatic rings. The van der Waals surface area contributed by atoms with Gasteiger partial charge in [-0.3, -0.25) is 4.79 Å². The van der Waals surface area contributed by atoms with E-state index in [1.54, 1.807) is 19.9 Å².